The van der Waals surface area contributed by atoms with Crippen LogP contribution in [0.25, 0.3) is 0 Å². The molecular weight excluding hydrogens is 200 g/mol. The summed E-state index contributed by atoms with van der Waals surface area (Å²) in [6.45, 7) is 0. The van der Waals surface area contributed by atoms with E-state index in [1.54, 1.807) is 24.3 Å². The predicted molar refractivity (Wildman–Crippen MR) is 61.9 cm³/mol. The van der Waals surface area contributed by atoms with E-state index in [2.05, 4.69) is 15.3 Å². The minimum Gasteiger partial charge on any atom is -0.204 e. The normalized spacial score (nSPS) is 10.5. The molecule has 2 rings (SSSR count). The highest BCUT2D eigenvalue weighted by molar-refractivity contribution is 5.47. The maximum absolute atomic E-state index is 6.82. The third-order valence-electron chi connectivity index (χ3n) is 2.02. The van der Waals surface area contributed by atoms with Crippen LogP contribution < -0.4 is 0 Å². The van der Waals surface area contributed by atoms with Crippen molar-refractivity contribution in [1.82, 2.24) is 0 Å². The number of nitrogens with zero attached hydrogens (tertiary/aromatic N) is 3. The summed E-state index contributed by atoms with van der Waals surface area (Å²) in [5.74, 6) is 0. The van der Waals surface area contributed by atoms with Gasteiger partial charge in [-0.1, -0.05) is 18.2 Å². The lowest BCUT2D eigenvalue weighted by molar-refractivity contribution is 1.14. The number of hydrogen-bond donors (Lipinski definition) is 1. The molecule has 1 N–H and O–H groups in total. The number of benzene rings is 2. The molecule has 0 unspecified atom stereocenters. The van der Waals surface area contributed by atoms with Crippen molar-refractivity contribution in [1.29, 1.82) is 5.53 Å². The second kappa shape index (κ2) is 4.93. The van der Waals surface area contributed by atoms with Crippen LogP contribution in [-0.4, -0.2) is 0 Å². The van der Waals surface area contributed by atoms with Gasteiger partial charge < -0.3 is 0 Å². The van der Waals surface area contributed by atoms with Crippen LogP contribution in [-0.2, 0) is 0 Å². The average molecular weight is 210 g/mol. The van der Waals surface area contributed by atoms with Crippen molar-refractivity contribution in [2.24, 2.45) is 15.3 Å². The Kier molecular flexibility index (Phi) is 3.13. The van der Waals surface area contributed by atoms with Crippen molar-refractivity contribution >= 4 is 17.1 Å². The van der Waals surface area contributed by atoms with Gasteiger partial charge in [-0.15, -0.1) is 0 Å². The highest BCUT2D eigenvalue weighted by atomic mass is 15.1. The van der Waals surface area contributed by atoms with E-state index < -0.39 is 0 Å². The van der Waals surface area contributed by atoms with Crippen LogP contribution in [0.5, 0.6) is 0 Å². The van der Waals surface area contributed by atoms with Crippen molar-refractivity contribution < 1.29 is 0 Å². The maximum atomic E-state index is 6.82. The zero-order valence-corrected chi connectivity index (χ0v) is 8.54. The zero-order chi connectivity index (χ0) is 11.2. The molecule has 0 radical (unpaired) electrons. The molecule has 0 aliphatic rings. The van der Waals surface area contributed by atoms with Gasteiger partial charge in [0.25, 0.3) is 0 Å². The summed E-state index contributed by atoms with van der Waals surface area (Å²) in [4.78, 5) is 0. The van der Waals surface area contributed by atoms with Gasteiger partial charge in [-0.05, 0) is 36.4 Å². The summed E-state index contributed by atoms with van der Waals surface area (Å²) in [7, 11) is 0. The molecule has 2 aromatic carbocycles. The SMILES string of the molecule is N=Nc1ccc(N=Nc2ccccc2)cc1. The van der Waals surface area contributed by atoms with E-state index >= 15 is 0 Å². The van der Waals surface area contributed by atoms with Gasteiger partial charge in [0.05, 0.1) is 17.1 Å². The molecule has 16 heavy (non-hydrogen) atoms. The molecule has 0 aliphatic carbocycles. The minimum atomic E-state index is 0.610. The highest BCUT2D eigenvalue weighted by Crippen LogP contribution is 2.20. The number of hydrogen-bond acceptors (Lipinski definition) is 4. The van der Waals surface area contributed by atoms with E-state index in [0.29, 0.717) is 5.69 Å². The van der Waals surface area contributed by atoms with Crippen LogP contribution in [0.3, 0.4) is 0 Å². The molecule has 4 nitrogen and oxygen atoms in total. The number of nitrogens with one attached hydrogen (secondary N) is 1. The quantitative estimate of drug-likeness (QED) is 0.709. The Balaban J connectivity index is 2.14. The summed E-state index contributed by atoms with van der Waals surface area (Å²) in [6, 6.07) is 16.5. The third kappa shape index (κ3) is 2.57. The molecule has 78 valence electrons. The first-order valence-corrected chi connectivity index (χ1v) is 4.83. The average Bonchev–Trinajstić information content (AvgIpc) is 2.38. The maximum Gasteiger partial charge on any atom is 0.0858 e. The lowest BCUT2D eigenvalue weighted by atomic mass is 10.3. The third-order valence-corrected chi connectivity index (χ3v) is 2.02. The molecular formula is C12H10N4. The van der Waals surface area contributed by atoms with E-state index in [1.165, 1.54) is 0 Å². The second-order valence-electron chi connectivity index (χ2n) is 3.16. The molecule has 0 amide bonds. The Morgan fingerprint density at radius 2 is 1.12 bits per heavy atom. The molecule has 0 heterocycles. The predicted octanol–water partition coefficient (Wildman–Crippen LogP) is 4.76. The standard InChI is InChI=1S/C12H10N4/c13-14-10-6-8-12(9-7-10)16-15-11-4-2-1-3-5-11/h1-9,13H. The summed E-state index contributed by atoms with van der Waals surface area (Å²) in [6.07, 6.45) is 0. The molecule has 2 aromatic rings. The topological polar surface area (TPSA) is 60.9 Å². The summed E-state index contributed by atoms with van der Waals surface area (Å²) in [5.41, 5.74) is 8.99. The van der Waals surface area contributed by atoms with Crippen molar-refractivity contribution in [2.45, 2.75) is 0 Å². The second-order valence-corrected chi connectivity index (χ2v) is 3.16. The molecule has 0 spiro atoms. The minimum absolute atomic E-state index is 0.610. The molecule has 0 saturated carbocycles. The van der Waals surface area contributed by atoms with Crippen LogP contribution in [0, 0.1) is 5.53 Å². The Hall–Kier alpha value is -2.36. The van der Waals surface area contributed by atoms with Crippen molar-refractivity contribution in [3.8, 4) is 0 Å². The largest absolute Gasteiger partial charge is 0.204 e. The summed E-state index contributed by atoms with van der Waals surface area (Å²) in [5, 5.41) is 11.5. The lowest BCUT2D eigenvalue weighted by Gasteiger charge is -1.93. The van der Waals surface area contributed by atoms with E-state index in [1.807, 2.05) is 30.3 Å². The Labute approximate surface area is 93.2 Å². The Bertz CT molecular complexity index is 488. The van der Waals surface area contributed by atoms with Crippen LogP contribution in [0.4, 0.5) is 17.1 Å². The van der Waals surface area contributed by atoms with Gasteiger partial charge in [-0.2, -0.15) is 15.3 Å². The monoisotopic (exact) mass is 210 g/mol. The smallest absolute Gasteiger partial charge is 0.0858 e. The Morgan fingerprint density at radius 3 is 1.69 bits per heavy atom. The van der Waals surface area contributed by atoms with Crippen molar-refractivity contribution in [3.63, 3.8) is 0 Å². The first-order valence-electron chi connectivity index (χ1n) is 4.83. The van der Waals surface area contributed by atoms with Gasteiger partial charge in [0, 0.05) is 0 Å². The van der Waals surface area contributed by atoms with Gasteiger partial charge in [-0.25, -0.2) is 5.53 Å². The molecule has 0 atom stereocenters. The van der Waals surface area contributed by atoms with Crippen LogP contribution >= 0.6 is 0 Å². The first kappa shape index (κ1) is 10.2. The fraction of sp³-hybridized carbons (Fsp3) is 0. The van der Waals surface area contributed by atoms with Crippen molar-refractivity contribution in [3.05, 3.63) is 54.6 Å². The highest BCUT2D eigenvalue weighted by Gasteiger charge is 1.91. The van der Waals surface area contributed by atoms with Gasteiger partial charge in [-0.3, -0.25) is 0 Å². The van der Waals surface area contributed by atoms with Gasteiger partial charge in [0.2, 0.25) is 0 Å². The van der Waals surface area contributed by atoms with Gasteiger partial charge in [0.15, 0.2) is 0 Å². The molecule has 4 heteroatoms. The molecule has 0 bridgehead atoms. The first-order chi connectivity index (χ1) is 7.88. The van der Waals surface area contributed by atoms with E-state index in [4.69, 9.17) is 5.53 Å². The zero-order valence-electron chi connectivity index (χ0n) is 8.54. The fourth-order valence-electron chi connectivity index (χ4n) is 1.20. The number of rotatable bonds is 3. The molecule has 0 aliphatic heterocycles. The van der Waals surface area contributed by atoms with E-state index in [0.717, 1.165) is 11.4 Å². The van der Waals surface area contributed by atoms with Crippen LogP contribution in [0.1, 0.15) is 0 Å². The van der Waals surface area contributed by atoms with Crippen LogP contribution in [0.2, 0.25) is 0 Å². The van der Waals surface area contributed by atoms with E-state index in [-0.39, 0.29) is 0 Å². The summed E-state index contributed by atoms with van der Waals surface area (Å²) < 4.78 is 0. The van der Waals surface area contributed by atoms with Crippen molar-refractivity contribution in [2.75, 3.05) is 0 Å². The van der Waals surface area contributed by atoms with Gasteiger partial charge in [0.1, 0.15) is 0 Å². The molecule has 0 aromatic heterocycles. The Morgan fingerprint density at radius 1 is 0.625 bits per heavy atom. The van der Waals surface area contributed by atoms with Gasteiger partial charge >= 0.3 is 0 Å². The van der Waals surface area contributed by atoms with Crippen LogP contribution in [0.15, 0.2) is 69.9 Å². The molecule has 0 saturated heterocycles. The molecule has 0 fully saturated rings. The van der Waals surface area contributed by atoms with E-state index in [9.17, 15) is 0 Å². The number of azo groups is 1. The fourth-order valence-corrected chi connectivity index (χ4v) is 1.20. The lowest BCUT2D eigenvalue weighted by Crippen LogP contribution is -1.64. The summed E-state index contributed by atoms with van der Waals surface area (Å²) >= 11 is 0.